The zero-order chi connectivity index (χ0) is 20.3. The Morgan fingerprint density at radius 3 is 2.93 bits per heavy atom. The highest BCUT2D eigenvalue weighted by molar-refractivity contribution is 9.10. The summed E-state index contributed by atoms with van der Waals surface area (Å²) < 4.78 is 31.0. The summed E-state index contributed by atoms with van der Waals surface area (Å²) in [6, 6.07) is 4.19. The van der Waals surface area contributed by atoms with Crippen molar-refractivity contribution in [3.05, 3.63) is 58.5 Å². The lowest BCUT2D eigenvalue weighted by Gasteiger charge is -2.15. The van der Waals surface area contributed by atoms with E-state index in [0.29, 0.717) is 10.9 Å². The number of hydroxylamine groups is 1. The van der Waals surface area contributed by atoms with Crippen molar-refractivity contribution in [2.75, 3.05) is 11.9 Å². The fraction of sp³-hybridized carbons (Fsp3) is 0.222. The van der Waals surface area contributed by atoms with Crippen LogP contribution in [0.25, 0.3) is 5.65 Å². The fourth-order valence-corrected chi connectivity index (χ4v) is 2.75. The topological polar surface area (TPSA) is 87.9 Å². The number of aliphatic hydroxyl groups excluding tert-OH is 1. The highest BCUT2D eigenvalue weighted by Gasteiger charge is 2.21. The van der Waals surface area contributed by atoms with E-state index in [4.69, 9.17) is 4.84 Å². The number of carbonyl (C=O) groups is 1. The predicted molar refractivity (Wildman–Crippen MR) is 102 cm³/mol. The van der Waals surface area contributed by atoms with E-state index < -0.39 is 23.6 Å². The molecule has 2 aromatic heterocycles. The molecular weight excluding hydrogens is 438 g/mol. The van der Waals surface area contributed by atoms with Crippen molar-refractivity contribution in [3.8, 4) is 0 Å². The van der Waals surface area contributed by atoms with Crippen LogP contribution in [0.3, 0.4) is 0 Å². The first-order chi connectivity index (χ1) is 13.4. The Morgan fingerprint density at radius 1 is 1.43 bits per heavy atom. The van der Waals surface area contributed by atoms with Gasteiger partial charge in [-0.05, 0) is 24.6 Å². The molecule has 28 heavy (non-hydrogen) atoms. The summed E-state index contributed by atoms with van der Waals surface area (Å²) in [7, 11) is 0. The largest absolute Gasteiger partial charge is 0.391 e. The van der Waals surface area contributed by atoms with Crippen molar-refractivity contribution in [3.63, 3.8) is 0 Å². The standard InChI is InChI=1S/C18H17BrF2N4O3/c1-2-11(26)9-28-24-18(27)12-8-25-6-5-22-17(25)15(21)16(12)23-14-4-3-10(19)7-13(14)20/h3-8,11,23,26H,2,9H2,1H3,(H,24,27). The monoisotopic (exact) mass is 454 g/mol. The molecule has 1 unspecified atom stereocenters. The summed E-state index contributed by atoms with van der Waals surface area (Å²) in [5.74, 6) is -2.22. The summed E-state index contributed by atoms with van der Waals surface area (Å²) >= 11 is 3.15. The Kier molecular flexibility index (Phi) is 6.22. The van der Waals surface area contributed by atoms with Gasteiger partial charge in [0.25, 0.3) is 5.91 Å². The molecule has 0 saturated carbocycles. The normalized spacial score (nSPS) is 12.2. The highest BCUT2D eigenvalue weighted by atomic mass is 79.9. The summed E-state index contributed by atoms with van der Waals surface area (Å²) in [6.07, 6.45) is 3.89. The lowest BCUT2D eigenvalue weighted by Crippen LogP contribution is -2.29. The van der Waals surface area contributed by atoms with Gasteiger partial charge in [0, 0.05) is 23.1 Å². The summed E-state index contributed by atoms with van der Waals surface area (Å²) in [6.45, 7) is 1.63. The first-order valence-electron chi connectivity index (χ1n) is 8.38. The molecule has 1 amide bonds. The molecule has 0 bridgehead atoms. The summed E-state index contributed by atoms with van der Waals surface area (Å²) in [5.41, 5.74) is 1.73. The zero-order valence-electron chi connectivity index (χ0n) is 14.7. The van der Waals surface area contributed by atoms with Crippen LogP contribution in [0, 0.1) is 11.6 Å². The number of amides is 1. The van der Waals surface area contributed by atoms with Gasteiger partial charge in [-0.2, -0.15) is 0 Å². The van der Waals surface area contributed by atoms with Crippen molar-refractivity contribution in [2.45, 2.75) is 19.4 Å². The van der Waals surface area contributed by atoms with E-state index in [-0.39, 0.29) is 29.2 Å². The predicted octanol–water partition coefficient (Wildman–Crippen LogP) is 3.55. The number of fused-ring (bicyclic) bond motifs is 1. The quantitative estimate of drug-likeness (QED) is 0.475. The van der Waals surface area contributed by atoms with Gasteiger partial charge in [0.05, 0.1) is 23.0 Å². The van der Waals surface area contributed by atoms with Gasteiger partial charge in [-0.15, -0.1) is 0 Å². The first kappa shape index (κ1) is 20.2. The third-order valence-electron chi connectivity index (χ3n) is 3.97. The second kappa shape index (κ2) is 8.63. The minimum absolute atomic E-state index is 0.0191. The average molecular weight is 455 g/mol. The number of anilines is 2. The van der Waals surface area contributed by atoms with Crippen LogP contribution >= 0.6 is 15.9 Å². The van der Waals surface area contributed by atoms with Crippen molar-refractivity contribution in [1.29, 1.82) is 0 Å². The number of pyridine rings is 1. The van der Waals surface area contributed by atoms with Gasteiger partial charge >= 0.3 is 0 Å². The van der Waals surface area contributed by atoms with Crippen LogP contribution in [0.15, 0.2) is 41.3 Å². The minimum atomic E-state index is -0.825. The molecule has 148 valence electrons. The molecule has 3 N–H and O–H groups in total. The van der Waals surface area contributed by atoms with Crippen LogP contribution in [-0.4, -0.2) is 33.1 Å². The van der Waals surface area contributed by atoms with E-state index in [2.05, 4.69) is 31.7 Å². The van der Waals surface area contributed by atoms with Gasteiger partial charge in [0.15, 0.2) is 11.5 Å². The SMILES string of the molecule is CCC(O)CONC(=O)c1cn2ccnc2c(F)c1Nc1ccc(Br)cc1F. The average Bonchev–Trinajstić information content (AvgIpc) is 3.14. The maximum Gasteiger partial charge on any atom is 0.278 e. The number of aliphatic hydroxyl groups is 1. The van der Waals surface area contributed by atoms with Gasteiger partial charge in [0.2, 0.25) is 0 Å². The summed E-state index contributed by atoms with van der Waals surface area (Å²) in [5, 5.41) is 12.1. The van der Waals surface area contributed by atoms with Gasteiger partial charge in [-0.3, -0.25) is 9.63 Å². The van der Waals surface area contributed by atoms with Crippen molar-refractivity contribution in [1.82, 2.24) is 14.9 Å². The molecule has 3 rings (SSSR count). The van der Waals surface area contributed by atoms with Crippen LogP contribution in [0.1, 0.15) is 23.7 Å². The highest BCUT2D eigenvalue weighted by Crippen LogP contribution is 2.29. The lowest BCUT2D eigenvalue weighted by molar-refractivity contribution is -0.0133. The van der Waals surface area contributed by atoms with Crippen LogP contribution < -0.4 is 10.8 Å². The molecule has 0 aliphatic rings. The maximum atomic E-state index is 15.0. The smallest absolute Gasteiger partial charge is 0.278 e. The molecule has 7 nitrogen and oxygen atoms in total. The Labute approximate surface area is 167 Å². The second-order valence-corrected chi connectivity index (χ2v) is 6.86. The van der Waals surface area contributed by atoms with E-state index in [9.17, 15) is 18.7 Å². The molecule has 0 saturated heterocycles. The molecule has 3 aromatic rings. The maximum absolute atomic E-state index is 15.0. The van der Waals surface area contributed by atoms with Gasteiger partial charge < -0.3 is 14.8 Å². The van der Waals surface area contributed by atoms with Crippen LogP contribution in [0.4, 0.5) is 20.2 Å². The number of carbonyl (C=O) groups excluding carboxylic acids is 1. The number of halogens is 3. The minimum Gasteiger partial charge on any atom is -0.391 e. The van der Waals surface area contributed by atoms with E-state index in [1.807, 2.05) is 0 Å². The third-order valence-corrected chi connectivity index (χ3v) is 4.46. The van der Waals surface area contributed by atoms with Crippen LogP contribution in [-0.2, 0) is 4.84 Å². The van der Waals surface area contributed by atoms with E-state index in [1.165, 1.54) is 35.1 Å². The fourth-order valence-electron chi connectivity index (χ4n) is 2.42. The summed E-state index contributed by atoms with van der Waals surface area (Å²) in [4.78, 5) is 21.4. The Morgan fingerprint density at radius 2 is 2.21 bits per heavy atom. The number of nitrogens with one attached hydrogen (secondary N) is 2. The molecule has 1 aromatic carbocycles. The van der Waals surface area contributed by atoms with Crippen LogP contribution in [0.5, 0.6) is 0 Å². The number of imidazole rings is 1. The van der Waals surface area contributed by atoms with Gasteiger partial charge in [0.1, 0.15) is 12.4 Å². The third kappa shape index (κ3) is 4.29. The van der Waals surface area contributed by atoms with Crippen molar-refractivity contribution >= 4 is 38.9 Å². The zero-order valence-corrected chi connectivity index (χ0v) is 16.3. The van der Waals surface area contributed by atoms with Gasteiger partial charge in [-0.25, -0.2) is 19.2 Å². The van der Waals surface area contributed by atoms with E-state index in [1.54, 1.807) is 13.0 Å². The molecular formula is C18H17BrF2N4O3. The molecule has 0 aliphatic carbocycles. The lowest BCUT2D eigenvalue weighted by atomic mass is 10.2. The molecule has 10 heteroatoms. The number of hydrogen-bond acceptors (Lipinski definition) is 5. The molecule has 0 fully saturated rings. The molecule has 0 spiro atoms. The number of nitrogens with zero attached hydrogens (tertiary/aromatic N) is 2. The van der Waals surface area contributed by atoms with Crippen LogP contribution in [0.2, 0.25) is 0 Å². The molecule has 1 atom stereocenters. The van der Waals surface area contributed by atoms with E-state index >= 15 is 0 Å². The molecule has 2 heterocycles. The van der Waals surface area contributed by atoms with Crippen molar-refractivity contribution < 1.29 is 23.5 Å². The number of benzene rings is 1. The van der Waals surface area contributed by atoms with Gasteiger partial charge in [-0.1, -0.05) is 22.9 Å². The Hall–Kier alpha value is -2.56. The number of aromatic nitrogens is 2. The van der Waals surface area contributed by atoms with E-state index in [0.717, 1.165) is 0 Å². The Balaban J connectivity index is 1.96. The second-order valence-electron chi connectivity index (χ2n) is 5.94. The first-order valence-corrected chi connectivity index (χ1v) is 9.17. The molecule has 0 radical (unpaired) electrons. The number of rotatable bonds is 7. The van der Waals surface area contributed by atoms with Crippen molar-refractivity contribution in [2.24, 2.45) is 0 Å². The number of hydrogen-bond donors (Lipinski definition) is 3. The molecule has 0 aliphatic heterocycles. The Bertz CT molecular complexity index is 1010.